The third-order valence-electron chi connectivity index (χ3n) is 3.60. The number of amides is 1. The Bertz CT molecular complexity index is 284. The maximum Gasteiger partial charge on any atom is 0.241 e. The lowest BCUT2D eigenvalue weighted by atomic mass is 10.0. The molecule has 2 unspecified atom stereocenters. The first-order valence-electron chi connectivity index (χ1n) is 7.19. The van der Waals surface area contributed by atoms with Crippen molar-refractivity contribution in [3.63, 3.8) is 0 Å². The van der Waals surface area contributed by atoms with Gasteiger partial charge in [0.2, 0.25) is 5.91 Å². The van der Waals surface area contributed by atoms with Gasteiger partial charge in [-0.25, -0.2) is 0 Å². The first-order chi connectivity index (χ1) is 8.95. The summed E-state index contributed by atoms with van der Waals surface area (Å²) in [4.78, 5) is 16.4. The second kappa shape index (κ2) is 7.82. The van der Waals surface area contributed by atoms with Crippen LogP contribution in [0.15, 0.2) is 0 Å². The van der Waals surface area contributed by atoms with Gasteiger partial charge in [0.15, 0.2) is 0 Å². The monoisotopic (exact) mass is 271 g/mol. The number of carbonyl (C=O) groups is 1. The summed E-state index contributed by atoms with van der Waals surface area (Å²) >= 11 is 0. The Hall–Kier alpha value is -0.650. The van der Waals surface area contributed by atoms with Crippen LogP contribution < -0.4 is 5.32 Å². The summed E-state index contributed by atoms with van der Waals surface area (Å²) in [6.07, 6.45) is 1.06. The number of rotatable bonds is 8. The minimum absolute atomic E-state index is 0.000665. The van der Waals surface area contributed by atoms with E-state index < -0.39 is 0 Å². The van der Waals surface area contributed by atoms with Gasteiger partial charge in [-0.05, 0) is 26.3 Å². The molecular formula is C14H29N3O2. The average Bonchev–Trinajstić information content (AvgIpc) is 2.59. The summed E-state index contributed by atoms with van der Waals surface area (Å²) in [5, 5.41) is 3.39. The summed E-state index contributed by atoms with van der Waals surface area (Å²) < 4.78 is 5.05. The Kier molecular flexibility index (Phi) is 6.75. The molecule has 1 aliphatic rings. The highest BCUT2D eigenvalue weighted by atomic mass is 16.5. The topological polar surface area (TPSA) is 44.8 Å². The molecule has 0 radical (unpaired) electrons. The zero-order valence-corrected chi connectivity index (χ0v) is 13.0. The third kappa shape index (κ3) is 5.09. The Balaban J connectivity index is 2.39. The van der Waals surface area contributed by atoms with Crippen LogP contribution in [-0.4, -0.2) is 68.3 Å². The Labute approximate surface area is 117 Å². The van der Waals surface area contributed by atoms with Crippen LogP contribution >= 0.6 is 0 Å². The number of nitrogens with zero attached hydrogens (tertiary/aromatic N) is 2. The first-order valence-corrected chi connectivity index (χ1v) is 7.19. The fourth-order valence-corrected chi connectivity index (χ4v) is 2.42. The molecule has 112 valence electrons. The molecule has 1 saturated heterocycles. The van der Waals surface area contributed by atoms with Crippen LogP contribution in [-0.2, 0) is 9.53 Å². The number of methoxy groups -OCH3 is 1. The van der Waals surface area contributed by atoms with E-state index in [0.717, 1.165) is 32.7 Å². The van der Waals surface area contributed by atoms with Crippen LogP contribution in [0.1, 0.15) is 27.2 Å². The highest BCUT2D eigenvalue weighted by Gasteiger charge is 2.36. The molecule has 1 rings (SSSR count). The summed E-state index contributed by atoms with van der Waals surface area (Å²) in [7, 11) is 3.77. The number of hydrogen-bond donors (Lipinski definition) is 1. The largest absolute Gasteiger partial charge is 0.383 e. The van der Waals surface area contributed by atoms with Crippen molar-refractivity contribution in [1.29, 1.82) is 0 Å². The van der Waals surface area contributed by atoms with Gasteiger partial charge >= 0.3 is 0 Å². The lowest BCUT2D eigenvalue weighted by Gasteiger charge is -2.24. The van der Waals surface area contributed by atoms with Crippen LogP contribution in [0, 0.1) is 5.92 Å². The minimum atomic E-state index is -0.000665. The molecule has 0 saturated carbocycles. The molecule has 1 N–H and O–H groups in total. The van der Waals surface area contributed by atoms with Crippen molar-refractivity contribution in [3.8, 4) is 0 Å². The second-order valence-corrected chi connectivity index (χ2v) is 5.85. The summed E-state index contributed by atoms with van der Waals surface area (Å²) in [5.74, 6) is 0.791. The van der Waals surface area contributed by atoms with E-state index in [0.29, 0.717) is 5.92 Å². The predicted octanol–water partition coefficient (Wildman–Crippen LogP) is 0.757. The molecule has 0 aromatic carbocycles. The molecule has 0 aliphatic carbocycles. The number of carbonyl (C=O) groups excluding carboxylic acids is 1. The second-order valence-electron chi connectivity index (χ2n) is 5.85. The van der Waals surface area contributed by atoms with Gasteiger partial charge < -0.3 is 14.5 Å². The molecule has 5 nitrogen and oxygen atoms in total. The van der Waals surface area contributed by atoms with E-state index in [4.69, 9.17) is 4.74 Å². The molecule has 1 amide bonds. The summed E-state index contributed by atoms with van der Waals surface area (Å²) in [6.45, 7) is 9.66. The van der Waals surface area contributed by atoms with Crippen LogP contribution in [0.3, 0.4) is 0 Å². The van der Waals surface area contributed by atoms with Crippen molar-refractivity contribution < 1.29 is 9.53 Å². The van der Waals surface area contributed by atoms with E-state index in [1.807, 2.05) is 4.90 Å². The van der Waals surface area contributed by atoms with Crippen molar-refractivity contribution in [3.05, 3.63) is 0 Å². The SMILES string of the molecule is COCCN(C)CCN1C(=O)C(CC(C)C)NC1C. The third-order valence-corrected chi connectivity index (χ3v) is 3.60. The predicted molar refractivity (Wildman–Crippen MR) is 76.9 cm³/mol. The van der Waals surface area contributed by atoms with Crippen LogP contribution in [0.4, 0.5) is 0 Å². The maximum absolute atomic E-state index is 12.3. The van der Waals surface area contributed by atoms with E-state index in [9.17, 15) is 4.79 Å². The lowest BCUT2D eigenvalue weighted by Crippen LogP contribution is -2.40. The molecule has 0 spiro atoms. The Morgan fingerprint density at radius 1 is 1.42 bits per heavy atom. The highest BCUT2D eigenvalue weighted by Crippen LogP contribution is 2.16. The zero-order valence-electron chi connectivity index (χ0n) is 13.0. The number of nitrogens with one attached hydrogen (secondary N) is 1. The highest BCUT2D eigenvalue weighted by molar-refractivity contribution is 5.84. The molecule has 19 heavy (non-hydrogen) atoms. The number of hydrogen-bond acceptors (Lipinski definition) is 4. The Morgan fingerprint density at radius 3 is 2.68 bits per heavy atom. The molecule has 5 heteroatoms. The lowest BCUT2D eigenvalue weighted by molar-refractivity contribution is -0.130. The van der Waals surface area contributed by atoms with Crippen molar-refractivity contribution in [2.24, 2.45) is 5.92 Å². The van der Waals surface area contributed by atoms with Gasteiger partial charge in [-0.15, -0.1) is 0 Å². The van der Waals surface area contributed by atoms with Gasteiger partial charge in [0.25, 0.3) is 0 Å². The van der Waals surface area contributed by atoms with Gasteiger partial charge in [-0.1, -0.05) is 13.8 Å². The molecule has 1 fully saturated rings. The van der Waals surface area contributed by atoms with Gasteiger partial charge in [-0.3, -0.25) is 10.1 Å². The van der Waals surface area contributed by atoms with E-state index in [1.54, 1.807) is 7.11 Å². The zero-order chi connectivity index (χ0) is 14.4. The standard InChI is InChI=1S/C14H29N3O2/c1-11(2)10-13-14(18)17(12(3)15-13)7-6-16(4)8-9-19-5/h11-13,15H,6-10H2,1-5H3. The van der Waals surface area contributed by atoms with Gasteiger partial charge in [-0.2, -0.15) is 0 Å². The quantitative estimate of drug-likeness (QED) is 0.708. The van der Waals surface area contributed by atoms with Crippen LogP contribution in [0.2, 0.25) is 0 Å². The summed E-state index contributed by atoms with van der Waals surface area (Å²) in [6, 6.07) is -0.000665. The summed E-state index contributed by atoms with van der Waals surface area (Å²) in [5.41, 5.74) is 0. The number of ether oxygens (including phenoxy) is 1. The maximum atomic E-state index is 12.3. The van der Waals surface area contributed by atoms with Crippen molar-refractivity contribution in [2.45, 2.75) is 39.4 Å². The van der Waals surface area contributed by atoms with Gasteiger partial charge in [0, 0.05) is 26.7 Å². The van der Waals surface area contributed by atoms with Crippen molar-refractivity contribution in [1.82, 2.24) is 15.1 Å². The number of likely N-dealkylation sites (N-methyl/N-ethyl adjacent to an activating group) is 1. The van der Waals surface area contributed by atoms with E-state index in [2.05, 4.69) is 38.0 Å². The van der Waals surface area contributed by atoms with Crippen LogP contribution in [0.5, 0.6) is 0 Å². The molecule has 0 bridgehead atoms. The van der Waals surface area contributed by atoms with Crippen LogP contribution in [0.25, 0.3) is 0 Å². The normalized spacial score (nSPS) is 23.9. The molecule has 1 heterocycles. The molecular weight excluding hydrogens is 242 g/mol. The van der Waals surface area contributed by atoms with Gasteiger partial charge in [0.05, 0.1) is 18.8 Å². The smallest absolute Gasteiger partial charge is 0.241 e. The van der Waals surface area contributed by atoms with E-state index >= 15 is 0 Å². The average molecular weight is 271 g/mol. The first kappa shape index (κ1) is 16.4. The van der Waals surface area contributed by atoms with E-state index in [1.165, 1.54) is 0 Å². The fraction of sp³-hybridized carbons (Fsp3) is 0.929. The fourth-order valence-electron chi connectivity index (χ4n) is 2.42. The van der Waals surface area contributed by atoms with Gasteiger partial charge in [0.1, 0.15) is 0 Å². The molecule has 1 aliphatic heterocycles. The molecule has 2 atom stereocenters. The Morgan fingerprint density at radius 2 is 2.11 bits per heavy atom. The molecule has 0 aromatic heterocycles. The van der Waals surface area contributed by atoms with Crippen molar-refractivity contribution in [2.75, 3.05) is 40.4 Å². The van der Waals surface area contributed by atoms with E-state index in [-0.39, 0.29) is 18.1 Å². The van der Waals surface area contributed by atoms with Crippen molar-refractivity contribution >= 4 is 5.91 Å². The molecule has 0 aromatic rings. The minimum Gasteiger partial charge on any atom is -0.383 e.